The first kappa shape index (κ1) is 63.6. The Morgan fingerprint density at radius 2 is 0.545 bits per heavy atom. The maximum Gasteiger partial charge on any atom is 0.306 e. The Balaban J connectivity index is 4.34. The van der Waals surface area contributed by atoms with Crippen LogP contribution < -0.4 is 0 Å². The van der Waals surface area contributed by atoms with Gasteiger partial charge in [-0.05, 0) is 70.6 Å². The lowest BCUT2D eigenvalue weighted by molar-refractivity contribution is -0.167. The van der Waals surface area contributed by atoms with E-state index in [4.69, 9.17) is 14.2 Å². The van der Waals surface area contributed by atoms with Gasteiger partial charge >= 0.3 is 17.9 Å². The molecule has 0 aliphatic heterocycles. The van der Waals surface area contributed by atoms with Crippen molar-refractivity contribution in [1.29, 1.82) is 0 Å². The fourth-order valence-electron chi connectivity index (χ4n) is 8.49. The van der Waals surface area contributed by atoms with Crippen molar-refractivity contribution in [2.45, 2.75) is 316 Å². The Kier molecular flexibility index (Phi) is 53.2. The zero-order chi connectivity index (χ0) is 47.9. The Labute approximate surface area is 410 Å². The Morgan fingerprint density at radius 1 is 0.303 bits per heavy atom. The third-order valence-electron chi connectivity index (χ3n) is 12.9. The largest absolute Gasteiger partial charge is 0.462 e. The first-order valence-electron chi connectivity index (χ1n) is 29.0. The molecule has 0 bridgehead atoms. The molecule has 6 nitrogen and oxygen atoms in total. The minimum Gasteiger partial charge on any atom is -0.462 e. The zero-order valence-electron chi connectivity index (χ0n) is 44.2. The number of hydrogen-bond acceptors (Lipinski definition) is 6. The number of allylic oxidation sites excluding steroid dienone is 6. The number of esters is 3. The average molecular weight is 928 g/mol. The Morgan fingerprint density at radius 3 is 0.894 bits per heavy atom. The van der Waals surface area contributed by atoms with Crippen LogP contribution in [-0.4, -0.2) is 37.2 Å². The second-order valence-corrected chi connectivity index (χ2v) is 19.6. The van der Waals surface area contributed by atoms with E-state index >= 15 is 0 Å². The summed E-state index contributed by atoms with van der Waals surface area (Å²) in [6.07, 6.45) is 65.6. The SMILES string of the molecule is CCCCC/C=C\C=C/CCCCCCCCC(=O)OC(COC(=O)CCCCC/C=C\CCCCCCCCC)COC(=O)CCCCCCCCCCCCCCCCCCCCC. The highest BCUT2D eigenvalue weighted by Crippen LogP contribution is 2.16. The van der Waals surface area contributed by atoms with Gasteiger partial charge in [-0.3, -0.25) is 14.4 Å². The van der Waals surface area contributed by atoms with Gasteiger partial charge in [0.05, 0.1) is 0 Å². The molecular weight excluding hydrogens is 817 g/mol. The minimum atomic E-state index is -0.781. The maximum absolute atomic E-state index is 12.8. The van der Waals surface area contributed by atoms with E-state index in [1.807, 2.05) is 0 Å². The number of ether oxygens (including phenoxy) is 3. The molecule has 66 heavy (non-hydrogen) atoms. The third-order valence-corrected chi connectivity index (χ3v) is 12.9. The lowest BCUT2D eigenvalue weighted by Crippen LogP contribution is -2.30. The first-order valence-corrected chi connectivity index (χ1v) is 29.0. The molecule has 0 spiro atoms. The number of unbranched alkanes of at least 4 members (excludes halogenated alkanes) is 37. The van der Waals surface area contributed by atoms with Crippen LogP contribution in [0.4, 0.5) is 0 Å². The molecule has 0 saturated heterocycles. The second-order valence-electron chi connectivity index (χ2n) is 19.6. The summed E-state index contributed by atoms with van der Waals surface area (Å²) in [6, 6.07) is 0. The molecule has 0 rings (SSSR count). The van der Waals surface area contributed by atoms with Gasteiger partial charge in [-0.2, -0.15) is 0 Å². The molecule has 386 valence electrons. The van der Waals surface area contributed by atoms with E-state index < -0.39 is 6.10 Å². The summed E-state index contributed by atoms with van der Waals surface area (Å²) in [7, 11) is 0. The first-order chi connectivity index (χ1) is 32.5. The zero-order valence-corrected chi connectivity index (χ0v) is 44.2. The average Bonchev–Trinajstić information content (AvgIpc) is 3.31. The van der Waals surface area contributed by atoms with Gasteiger partial charge in [0, 0.05) is 19.3 Å². The Bertz CT molecular complexity index is 1110. The fraction of sp³-hybridized carbons (Fsp3) is 0.850. The molecule has 0 amide bonds. The van der Waals surface area contributed by atoms with Gasteiger partial charge < -0.3 is 14.2 Å². The third kappa shape index (κ3) is 52.6. The summed E-state index contributed by atoms with van der Waals surface area (Å²) >= 11 is 0. The monoisotopic (exact) mass is 927 g/mol. The fourth-order valence-corrected chi connectivity index (χ4v) is 8.49. The predicted octanol–water partition coefficient (Wildman–Crippen LogP) is 19.3. The van der Waals surface area contributed by atoms with Crippen LogP contribution in [0.15, 0.2) is 36.5 Å². The summed E-state index contributed by atoms with van der Waals surface area (Å²) in [5.41, 5.74) is 0. The van der Waals surface area contributed by atoms with Gasteiger partial charge in [0.2, 0.25) is 0 Å². The molecule has 1 atom stereocenters. The number of rotatable bonds is 53. The van der Waals surface area contributed by atoms with E-state index in [0.29, 0.717) is 19.3 Å². The Hall–Kier alpha value is -2.37. The molecule has 0 N–H and O–H groups in total. The van der Waals surface area contributed by atoms with Crippen LogP contribution in [0.1, 0.15) is 310 Å². The molecule has 0 aromatic rings. The summed E-state index contributed by atoms with van der Waals surface area (Å²) in [4.78, 5) is 38.1. The topological polar surface area (TPSA) is 78.9 Å². The van der Waals surface area contributed by atoms with Crippen molar-refractivity contribution in [3.63, 3.8) is 0 Å². The van der Waals surface area contributed by atoms with E-state index in [9.17, 15) is 14.4 Å². The number of carbonyl (C=O) groups excluding carboxylic acids is 3. The highest BCUT2D eigenvalue weighted by molar-refractivity contribution is 5.71. The molecule has 0 aliphatic rings. The molecule has 0 aliphatic carbocycles. The molecule has 6 heteroatoms. The van der Waals surface area contributed by atoms with E-state index in [1.165, 1.54) is 193 Å². The van der Waals surface area contributed by atoms with E-state index in [2.05, 4.69) is 57.2 Å². The van der Waals surface area contributed by atoms with Crippen molar-refractivity contribution >= 4 is 17.9 Å². The second kappa shape index (κ2) is 55.2. The molecule has 1 unspecified atom stereocenters. The van der Waals surface area contributed by atoms with Crippen LogP contribution in [0.2, 0.25) is 0 Å². The smallest absolute Gasteiger partial charge is 0.306 e. The maximum atomic E-state index is 12.8. The molecule has 0 radical (unpaired) electrons. The van der Waals surface area contributed by atoms with Crippen molar-refractivity contribution in [1.82, 2.24) is 0 Å². The summed E-state index contributed by atoms with van der Waals surface area (Å²) < 4.78 is 16.9. The van der Waals surface area contributed by atoms with Crippen molar-refractivity contribution in [2.75, 3.05) is 13.2 Å². The van der Waals surface area contributed by atoms with Gasteiger partial charge in [0.1, 0.15) is 13.2 Å². The summed E-state index contributed by atoms with van der Waals surface area (Å²) in [5.74, 6) is -0.890. The van der Waals surface area contributed by atoms with Crippen LogP contribution in [0.3, 0.4) is 0 Å². The molecule has 0 heterocycles. The standard InChI is InChI=1S/C60H110O6/c1-4-7-10-13-16-19-22-25-28-29-30-31-33-35-38-41-44-47-50-53-59(62)65-56-57(55-64-58(61)52-49-46-43-40-37-34-27-24-21-18-15-12-9-6-3)66-60(63)54-51-48-45-42-39-36-32-26-23-20-17-14-11-8-5-2/h17,20,23,26,34,37,57H,4-16,18-19,21-22,24-25,27-33,35-36,38-56H2,1-3H3/b20-17-,26-23-,37-34-. The molecule has 0 aromatic carbocycles. The quantitative estimate of drug-likeness (QED) is 0.0199. The van der Waals surface area contributed by atoms with E-state index in [-0.39, 0.29) is 31.1 Å². The highest BCUT2D eigenvalue weighted by Gasteiger charge is 2.19. The predicted molar refractivity (Wildman–Crippen MR) is 284 cm³/mol. The van der Waals surface area contributed by atoms with E-state index in [1.54, 1.807) is 0 Å². The lowest BCUT2D eigenvalue weighted by atomic mass is 10.0. The van der Waals surface area contributed by atoms with Crippen LogP contribution >= 0.6 is 0 Å². The van der Waals surface area contributed by atoms with Gasteiger partial charge in [0.25, 0.3) is 0 Å². The van der Waals surface area contributed by atoms with Crippen LogP contribution in [0.5, 0.6) is 0 Å². The van der Waals surface area contributed by atoms with E-state index in [0.717, 1.165) is 77.0 Å². The summed E-state index contributed by atoms with van der Waals surface area (Å²) in [5, 5.41) is 0. The summed E-state index contributed by atoms with van der Waals surface area (Å²) in [6.45, 7) is 6.62. The minimum absolute atomic E-state index is 0.0781. The van der Waals surface area contributed by atoms with Crippen LogP contribution in [0.25, 0.3) is 0 Å². The molecule has 0 aromatic heterocycles. The highest BCUT2D eigenvalue weighted by atomic mass is 16.6. The van der Waals surface area contributed by atoms with Crippen molar-refractivity contribution in [2.24, 2.45) is 0 Å². The molecule has 0 saturated carbocycles. The van der Waals surface area contributed by atoms with Crippen LogP contribution in [-0.2, 0) is 28.6 Å². The molecular formula is C60H110O6. The van der Waals surface area contributed by atoms with Crippen LogP contribution in [0, 0.1) is 0 Å². The van der Waals surface area contributed by atoms with Crippen molar-refractivity contribution < 1.29 is 28.6 Å². The molecule has 0 fully saturated rings. The number of carbonyl (C=O) groups is 3. The normalized spacial score (nSPS) is 12.2. The van der Waals surface area contributed by atoms with Gasteiger partial charge in [-0.1, -0.05) is 256 Å². The van der Waals surface area contributed by atoms with Crippen molar-refractivity contribution in [3.8, 4) is 0 Å². The number of hydrogen-bond donors (Lipinski definition) is 0. The van der Waals surface area contributed by atoms with Gasteiger partial charge in [-0.15, -0.1) is 0 Å². The van der Waals surface area contributed by atoms with Gasteiger partial charge in [-0.25, -0.2) is 0 Å². The van der Waals surface area contributed by atoms with Crippen molar-refractivity contribution in [3.05, 3.63) is 36.5 Å². The van der Waals surface area contributed by atoms with Gasteiger partial charge in [0.15, 0.2) is 6.10 Å². The lowest BCUT2D eigenvalue weighted by Gasteiger charge is -2.18.